The minimum absolute atomic E-state index is 0. The largest absolute Gasteiger partial charge is 0.788 e. The molecule has 0 atom stereocenters. The minimum Gasteiger partial charge on any atom is -0.788 e. The van der Waals surface area contributed by atoms with Gasteiger partial charge in [-0.2, -0.15) is 0 Å². The number of benzene rings is 6. The fourth-order valence-electron chi connectivity index (χ4n) is 4.63. The second-order valence-electron chi connectivity index (χ2n) is 9.85. The smallest absolute Gasteiger partial charge is 0.102 e. The molecule has 6 aromatic rings. The van der Waals surface area contributed by atoms with E-state index >= 15 is 0 Å². The third kappa shape index (κ3) is 16.3. The third-order valence-electron chi connectivity index (χ3n) is 6.58. The molecule has 256 valence electrons. The van der Waals surface area contributed by atoms with Gasteiger partial charge in [0.25, 0.3) is 0 Å². The van der Waals surface area contributed by atoms with Crippen LogP contribution in [0.3, 0.4) is 0 Å². The zero-order chi connectivity index (χ0) is 32.7. The second kappa shape index (κ2) is 28.6. The standard InChI is InChI=1S/2C18H15P.2C2H6S2.2Pd/c2*1-4-10-16(11-5-1)19(17-12-6-2-7-13-17)18-14-8-3-9-15-18;2*3-1-2-4;;/h2*1-15H;2*3-4H,1-2H2;;/p+2. The van der Waals surface area contributed by atoms with E-state index in [1.807, 2.05) is 0 Å². The topological polar surface area (TPSA) is 0 Å². The molecule has 0 radical (unpaired) electrons. The molecule has 0 aromatic heterocycles. The molecule has 6 aromatic carbocycles. The van der Waals surface area contributed by atoms with Gasteiger partial charge in [0.2, 0.25) is 0 Å². The fourth-order valence-corrected chi connectivity index (χ4v) is 9.78. The van der Waals surface area contributed by atoms with Crippen molar-refractivity contribution in [2.45, 2.75) is 0 Å². The second-order valence-corrected chi connectivity index (χ2v) is 16.6. The van der Waals surface area contributed by atoms with Crippen LogP contribution in [0.2, 0.25) is 0 Å². The van der Waals surface area contributed by atoms with E-state index in [9.17, 15) is 0 Å². The summed E-state index contributed by atoms with van der Waals surface area (Å²) in [4.78, 5) is 0. The first kappa shape index (κ1) is 44.9. The van der Waals surface area contributed by atoms with Crippen LogP contribution in [-0.4, -0.2) is 23.0 Å². The number of hydrogen-bond acceptors (Lipinski definition) is 2. The van der Waals surface area contributed by atoms with Crippen molar-refractivity contribution >= 4 is 98.2 Å². The Morgan fingerprint density at radius 1 is 0.312 bits per heavy atom. The Balaban J connectivity index is 0.000000380. The average Bonchev–Trinajstić information content (AvgIpc) is 3.15. The van der Waals surface area contributed by atoms with Crippen LogP contribution in [0.5, 0.6) is 0 Å². The molecule has 0 unspecified atom stereocenters. The molecule has 0 nitrogen and oxygen atoms in total. The molecule has 0 saturated heterocycles. The van der Waals surface area contributed by atoms with Crippen LogP contribution in [0.1, 0.15) is 0 Å². The quantitative estimate of drug-likeness (QED) is 0.0865. The van der Waals surface area contributed by atoms with Gasteiger partial charge in [0.1, 0.15) is 31.8 Å². The van der Waals surface area contributed by atoms with Crippen molar-refractivity contribution in [2.24, 2.45) is 0 Å². The fraction of sp³-hybridized carbons (Fsp3) is 0.100. The molecule has 0 saturated carbocycles. The first-order chi connectivity index (χ1) is 22.7. The van der Waals surface area contributed by atoms with Gasteiger partial charge in [0.15, 0.2) is 0 Å². The summed E-state index contributed by atoms with van der Waals surface area (Å²) in [5.41, 5.74) is 0. The van der Waals surface area contributed by atoms with E-state index in [1.54, 1.807) is 0 Å². The summed E-state index contributed by atoms with van der Waals surface area (Å²) in [6.45, 7) is 0. The molecule has 0 bridgehead atoms. The van der Waals surface area contributed by atoms with Crippen molar-refractivity contribution in [3.8, 4) is 0 Å². The van der Waals surface area contributed by atoms with Crippen molar-refractivity contribution in [1.29, 1.82) is 0 Å². The van der Waals surface area contributed by atoms with E-state index in [4.69, 9.17) is 0 Å². The molecule has 0 aliphatic carbocycles. The molecule has 0 amide bonds. The van der Waals surface area contributed by atoms with Gasteiger partial charge in [0.05, 0.1) is 27.3 Å². The zero-order valence-electron chi connectivity index (χ0n) is 26.6. The monoisotopic (exact) mass is 926 g/mol. The molecule has 48 heavy (non-hydrogen) atoms. The van der Waals surface area contributed by atoms with Crippen molar-refractivity contribution in [3.05, 3.63) is 182 Å². The van der Waals surface area contributed by atoms with Gasteiger partial charge in [-0.05, 0) is 98.1 Å². The Hall–Kier alpha value is -1.10. The van der Waals surface area contributed by atoms with Crippen LogP contribution in [0.25, 0.3) is 0 Å². The van der Waals surface area contributed by atoms with Gasteiger partial charge in [-0.3, -0.25) is 0 Å². The Morgan fingerprint density at radius 2 is 0.438 bits per heavy atom. The van der Waals surface area contributed by atoms with Crippen LogP contribution in [0.4, 0.5) is 0 Å². The molecule has 8 heteroatoms. The maximum absolute atomic E-state index is 4.50. The van der Waals surface area contributed by atoms with Gasteiger partial charge in [-0.1, -0.05) is 109 Å². The molecular formula is C40H44P2Pd2S4+2. The van der Waals surface area contributed by atoms with Crippen LogP contribution >= 0.6 is 15.8 Å². The van der Waals surface area contributed by atoms with Gasteiger partial charge in [-0.25, -0.2) is 0 Å². The average molecular weight is 928 g/mol. The Bertz CT molecular complexity index is 1260. The first-order valence-corrected chi connectivity index (χ1v) is 20.8. The van der Waals surface area contributed by atoms with Gasteiger partial charge in [0, 0.05) is 40.8 Å². The molecule has 6 rings (SSSR count). The number of rotatable bonds is 8. The third-order valence-corrected chi connectivity index (χ3v) is 13.7. The SMILES string of the molecule is [Pd].[Pd].[S-]CC[SH2+].[S-]CC[SH2+].c1ccc([PH+](c2ccccc2)c2ccccc2)cc1.c1ccc([PH+](c2ccccc2)c2ccccc2)cc1. The van der Waals surface area contributed by atoms with Crippen LogP contribution in [-0.2, 0) is 91.4 Å². The Labute approximate surface area is 340 Å². The molecule has 0 aliphatic rings. The molecule has 0 aliphatic heterocycles. The summed E-state index contributed by atoms with van der Waals surface area (Å²) in [7, 11) is -1.75. The molecule has 0 N–H and O–H groups in total. The summed E-state index contributed by atoms with van der Waals surface area (Å²) in [6.07, 6.45) is 0. The molecule has 0 heterocycles. The van der Waals surface area contributed by atoms with Crippen molar-refractivity contribution in [1.82, 2.24) is 0 Å². The maximum atomic E-state index is 4.50. The molecule has 0 spiro atoms. The zero-order valence-corrected chi connectivity index (χ0v) is 35.3. The predicted molar refractivity (Wildman–Crippen MR) is 228 cm³/mol. The number of hydrogen-bond donors (Lipinski definition) is 0. The summed E-state index contributed by atoms with van der Waals surface area (Å²) in [5.74, 6) is 3.51. The minimum atomic E-state index is -0.877. The summed E-state index contributed by atoms with van der Waals surface area (Å²) in [5, 5.41) is 8.61. The van der Waals surface area contributed by atoms with Gasteiger partial charge < -0.3 is 25.3 Å². The van der Waals surface area contributed by atoms with Crippen molar-refractivity contribution in [3.63, 3.8) is 0 Å². The summed E-state index contributed by atoms with van der Waals surface area (Å²) >= 11 is 15.4. The van der Waals surface area contributed by atoms with Crippen LogP contribution in [0.15, 0.2) is 182 Å². The van der Waals surface area contributed by atoms with E-state index in [1.165, 1.54) is 31.8 Å². The van der Waals surface area contributed by atoms with E-state index in [0.29, 0.717) is 0 Å². The van der Waals surface area contributed by atoms with E-state index in [-0.39, 0.29) is 40.8 Å². The normalized spacial score (nSPS) is 9.62. The van der Waals surface area contributed by atoms with Crippen LogP contribution in [0, 0.1) is 0 Å². The van der Waals surface area contributed by atoms with Crippen molar-refractivity contribution < 1.29 is 40.8 Å². The molecule has 0 fully saturated rings. The molecular weight excluding hydrogens is 883 g/mol. The van der Waals surface area contributed by atoms with Crippen molar-refractivity contribution in [2.75, 3.05) is 23.0 Å². The van der Waals surface area contributed by atoms with Gasteiger partial charge in [-0.15, -0.1) is 11.5 Å². The van der Waals surface area contributed by atoms with Gasteiger partial charge >= 0.3 is 0 Å². The van der Waals surface area contributed by atoms with Crippen LogP contribution < -0.4 is 31.8 Å². The Kier molecular flexibility index (Phi) is 26.8. The maximum Gasteiger partial charge on any atom is 0.102 e. The van der Waals surface area contributed by atoms with E-state index in [2.05, 4.69) is 233 Å². The van der Waals surface area contributed by atoms with E-state index in [0.717, 1.165) is 23.0 Å². The Morgan fingerprint density at radius 3 is 0.542 bits per heavy atom. The summed E-state index contributed by atoms with van der Waals surface area (Å²) in [6, 6.07) is 65.0. The van der Waals surface area contributed by atoms with E-state index < -0.39 is 15.8 Å². The summed E-state index contributed by atoms with van der Waals surface area (Å²) < 4.78 is 0. The predicted octanol–water partition coefficient (Wildman–Crippen LogP) is 5.44. The first-order valence-electron chi connectivity index (χ1n) is 15.2.